The highest BCUT2D eigenvalue weighted by Gasteiger charge is 2.15. The molecule has 1 atom stereocenters. The Morgan fingerprint density at radius 3 is 2.23 bits per heavy atom. The number of hydrogen-bond donors (Lipinski definition) is 2. The maximum Gasteiger partial charge on any atom is 0.269 e. The molecule has 3 aromatic carbocycles. The Balaban J connectivity index is 1.61. The highest BCUT2D eigenvalue weighted by molar-refractivity contribution is 8.00. The van der Waals surface area contributed by atoms with Crippen molar-refractivity contribution in [2.24, 2.45) is 0 Å². The van der Waals surface area contributed by atoms with E-state index in [1.165, 1.54) is 36.0 Å². The number of nitrogens with one attached hydrogen (secondary N) is 2. The van der Waals surface area contributed by atoms with E-state index in [1.807, 2.05) is 43.3 Å². The van der Waals surface area contributed by atoms with Crippen molar-refractivity contribution in [3.8, 4) is 0 Å². The van der Waals surface area contributed by atoms with Crippen LogP contribution in [0.3, 0.4) is 0 Å². The lowest BCUT2D eigenvalue weighted by Crippen LogP contribution is -2.22. The second-order valence-corrected chi connectivity index (χ2v) is 7.82. The molecule has 0 saturated heterocycles. The number of hydrogen-bond acceptors (Lipinski definition) is 5. The summed E-state index contributed by atoms with van der Waals surface area (Å²) in [6.07, 6.45) is 0. The highest BCUT2D eigenvalue weighted by Crippen LogP contribution is 2.27. The van der Waals surface area contributed by atoms with E-state index in [0.717, 1.165) is 10.6 Å². The second kappa shape index (κ2) is 9.71. The van der Waals surface area contributed by atoms with Gasteiger partial charge in [-0.05, 0) is 49.4 Å². The topological polar surface area (TPSA) is 101 Å². The number of para-hydroxylation sites is 1. The molecular formula is C22H19N3O4S. The molecule has 0 radical (unpaired) electrons. The average Bonchev–Trinajstić information content (AvgIpc) is 2.74. The Bertz CT molecular complexity index is 1060. The molecule has 7 nitrogen and oxygen atoms in total. The molecule has 1 unspecified atom stereocenters. The van der Waals surface area contributed by atoms with Crippen molar-refractivity contribution < 1.29 is 14.5 Å². The molecule has 2 amide bonds. The first-order valence-corrected chi connectivity index (χ1v) is 9.99. The van der Waals surface area contributed by atoms with E-state index in [4.69, 9.17) is 0 Å². The maximum atomic E-state index is 12.4. The second-order valence-electron chi connectivity index (χ2n) is 6.40. The molecule has 0 saturated carbocycles. The van der Waals surface area contributed by atoms with E-state index in [2.05, 4.69) is 10.6 Å². The van der Waals surface area contributed by atoms with Crippen molar-refractivity contribution in [3.05, 3.63) is 94.5 Å². The molecule has 2 N–H and O–H groups in total. The van der Waals surface area contributed by atoms with Gasteiger partial charge in [-0.15, -0.1) is 11.8 Å². The molecule has 0 heterocycles. The van der Waals surface area contributed by atoms with Crippen molar-refractivity contribution in [3.63, 3.8) is 0 Å². The number of carbonyl (C=O) groups is 2. The molecule has 0 spiro atoms. The largest absolute Gasteiger partial charge is 0.325 e. The smallest absolute Gasteiger partial charge is 0.269 e. The molecular weight excluding hydrogens is 402 g/mol. The lowest BCUT2D eigenvalue weighted by molar-refractivity contribution is -0.384. The van der Waals surface area contributed by atoms with Crippen LogP contribution in [-0.2, 0) is 4.79 Å². The average molecular weight is 421 g/mol. The fourth-order valence-corrected chi connectivity index (χ4v) is 3.53. The first kappa shape index (κ1) is 21.1. The van der Waals surface area contributed by atoms with Crippen molar-refractivity contribution in [2.75, 3.05) is 10.6 Å². The minimum atomic E-state index is -0.516. The van der Waals surface area contributed by atoms with E-state index in [1.54, 1.807) is 18.2 Å². The van der Waals surface area contributed by atoms with Crippen LogP contribution >= 0.6 is 11.8 Å². The Hall–Kier alpha value is -3.65. The first-order chi connectivity index (χ1) is 14.4. The number of non-ortho nitro benzene ring substituents is 1. The summed E-state index contributed by atoms with van der Waals surface area (Å²) in [7, 11) is 0. The van der Waals surface area contributed by atoms with Gasteiger partial charge in [0.1, 0.15) is 0 Å². The van der Waals surface area contributed by atoms with Gasteiger partial charge in [0.05, 0.1) is 10.2 Å². The van der Waals surface area contributed by atoms with Crippen LogP contribution in [-0.4, -0.2) is 22.0 Å². The lowest BCUT2D eigenvalue weighted by Gasteiger charge is -2.13. The van der Waals surface area contributed by atoms with Gasteiger partial charge in [-0.1, -0.05) is 24.3 Å². The number of thioether (sulfide) groups is 1. The van der Waals surface area contributed by atoms with Gasteiger partial charge in [0.25, 0.3) is 11.6 Å². The third-order valence-corrected chi connectivity index (χ3v) is 5.25. The summed E-state index contributed by atoms with van der Waals surface area (Å²) >= 11 is 1.37. The van der Waals surface area contributed by atoms with Crippen LogP contribution in [0.15, 0.2) is 83.8 Å². The molecule has 30 heavy (non-hydrogen) atoms. The van der Waals surface area contributed by atoms with E-state index in [0.29, 0.717) is 11.3 Å². The van der Waals surface area contributed by atoms with Crippen LogP contribution in [0, 0.1) is 10.1 Å². The molecule has 3 rings (SSSR count). The summed E-state index contributed by atoms with van der Waals surface area (Å²) in [6.45, 7) is 1.81. The van der Waals surface area contributed by atoms with Crippen LogP contribution < -0.4 is 10.6 Å². The Morgan fingerprint density at radius 1 is 0.900 bits per heavy atom. The molecule has 0 aliphatic rings. The minimum absolute atomic E-state index is 0.0762. The summed E-state index contributed by atoms with van der Waals surface area (Å²) in [5.41, 5.74) is 1.54. The number of nitrogens with zero attached hydrogens (tertiary/aromatic N) is 1. The van der Waals surface area contributed by atoms with Gasteiger partial charge in [-0.2, -0.15) is 0 Å². The van der Waals surface area contributed by atoms with Gasteiger partial charge < -0.3 is 10.6 Å². The summed E-state index contributed by atoms with van der Waals surface area (Å²) in [5, 5.41) is 16.0. The zero-order valence-corrected chi connectivity index (χ0v) is 16.9. The normalized spacial score (nSPS) is 11.4. The van der Waals surface area contributed by atoms with Crippen LogP contribution in [0.2, 0.25) is 0 Å². The Kier molecular flexibility index (Phi) is 6.82. The fraction of sp³-hybridized carbons (Fsp3) is 0.0909. The first-order valence-electron chi connectivity index (χ1n) is 9.11. The molecule has 152 valence electrons. The zero-order chi connectivity index (χ0) is 21.5. The summed E-state index contributed by atoms with van der Waals surface area (Å²) in [5.74, 6) is -0.492. The molecule has 0 aliphatic carbocycles. The number of rotatable bonds is 7. The van der Waals surface area contributed by atoms with Crippen LogP contribution in [0.5, 0.6) is 0 Å². The zero-order valence-electron chi connectivity index (χ0n) is 16.1. The summed E-state index contributed by atoms with van der Waals surface area (Å²) < 4.78 is 0. The predicted molar refractivity (Wildman–Crippen MR) is 118 cm³/mol. The van der Waals surface area contributed by atoms with Crippen molar-refractivity contribution in [1.29, 1.82) is 0 Å². The van der Waals surface area contributed by atoms with Crippen LogP contribution in [0.4, 0.5) is 17.1 Å². The van der Waals surface area contributed by atoms with Gasteiger partial charge in [-0.25, -0.2) is 0 Å². The van der Waals surface area contributed by atoms with Crippen molar-refractivity contribution in [1.82, 2.24) is 0 Å². The Labute approximate surface area is 177 Å². The number of anilines is 2. The van der Waals surface area contributed by atoms with E-state index in [-0.39, 0.29) is 22.8 Å². The fourth-order valence-electron chi connectivity index (χ4n) is 2.61. The summed E-state index contributed by atoms with van der Waals surface area (Å²) in [6, 6.07) is 21.8. The lowest BCUT2D eigenvalue weighted by atomic mass is 10.2. The molecule has 3 aromatic rings. The van der Waals surface area contributed by atoms with Crippen molar-refractivity contribution in [2.45, 2.75) is 17.1 Å². The number of benzene rings is 3. The SMILES string of the molecule is CC(Sc1cccc(NC(=O)c2ccc([N+](=O)[O-])cc2)c1)C(=O)Nc1ccccc1. The maximum absolute atomic E-state index is 12.4. The van der Waals surface area contributed by atoms with Gasteiger partial charge in [0.15, 0.2) is 0 Å². The van der Waals surface area contributed by atoms with E-state index >= 15 is 0 Å². The molecule has 0 fully saturated rings. The standard InChI is InChI=1S/C22H19N3O4S/c1-15(21(26)23-17-6-3-2-4-7-17)30-20-9-5-8-18(14-20)24-22(27)16-10-12-19(13-11-16)25(28)29/h2-15H,1H3,(H,23,26)(H,24,27). The van der Waals surface area contributed by atoms with Crippen LogP contribution in [0.1, 0.15) is 17.3 Å². The predicted octanol–water partition coefficient (Wildman–Crippen LogP) is 4.97. The van der Waals surface area contributed by atoms with E-state index in [9.17, 15) is 19.7 Å². The van der Waals surface area contributed by atoms with Crippen molar-refractivity contribution >= 4 is 40.6 Å². The van der Waals surface area contributed by atoms with Gasteiger partial charge >= 0.3 is 0 Å². The molecule has 0 bridgehead atoms. The third-order valence-electron chi connectivity index (χ3n) is 4.16. The van der Waals surface area contributed by atoms with Gasteiger partial charge in [0.2, 0.25) is 5.91 Å². The number of carbonyl (C=O) groups excluding carboxylic acids is 2. The quantitative estimate of drug-likeness (QED) is 0.319. The monoisotopic (exact) mass is 421 g/mol. The number of nitro groups is 1. The number of nitro benzene ring substituents is 1. The minimum Gasteiger partial charge on any atom is -0.325 e. The van der Waals surface area contributed by atoms with Crippen LogP contribution in [0.25, 0.3) is 0 Å². The Morgan fingerprint density at radius 2 is 1.57 bits per heavy atom. The third kappa shape index (κ3) is 5.68. The number of amides is 2. The van der Waals surface area contributed by atoms with E-state index < -0.39 is 4.92 Å². The van der Waals surface area contributed by atoms with Gasteiger partial charge in [-0.3, -0.25) is 19.7 Å². The van der Waals surface area contributed by atoms with Gasteiger partial charge in [0, 0.05) is 34.0 Å². The molecule has 0 aromatic heterocycles. The molecule has 8 heteroatoms. The summed E-state index contributed by atoms with van der Waals surface area (Å²) in [4.78, 5) is 35.8. The molecule has 0 aliphatic heterocycles. The highest BCUT2D eigenvalue weighted by atomic mass is 32.2.